The van der Waals surface area contributed by atoms with E-state index in [-0.39, 0.29) is 11.3 Å². The Balaban J connectivity index is 1.71. The van der Waals surface area contributed by atoms with E-state index in [1.165, 1.54) is 11.1 Å². The predicted molar refractivity (Wildman–Crippen MR) is 128 cm³/mol. The quantitative estimate of drug-likeness (QED) is 0.499. The zero-order valence-electron chi connectivity index (χ0n) is 18.3. The maximum absolute atomic E-state index is 12.9. The third-order valence-electron chi connectivity index (χ3n) is 4.80. The zero-order chi connectivity index (χ0) is 21.7. The fourth-order valence-electron chi connectivity index (χ4n) is 2.99. The van der Waals surface area contributed by atoms with Crippen LogP contribution in [0.25, 0.3) is 0 Å². The summed E-state index contributed by atoms with van der Waals surface area (Å²) in [6.07, 6.45) is 1.82. The molecule has 0 bridgehead atoms. The van der Waals surface area contributed by atoms with Gasteiger partial charge in [-0.25, -0.2) is 4.98 Å². The van der Waals surface area contributed by atoms with Crippen LogP contribution in [0.2, 0.25) is 0 Å². The molecule has 0 aliphatic rings. The van der Waals surface area contributed by atoms with Gasteiger partial charge >= 0.3 is 0 Å². The second-order valence-electron chi connectivity index (χ2n) is 8.48. The Kier molecular flexibility index (Phi) is 6.83. The molecule has 156 valence electrons. The number of pyridine rings is 1. The smallest absolute Gasteiger partial charge is 0.256 e. The number of carbonyl (C=O) groups is 1. The molecular formula is C25H29N3OS. The molecule has 30 heavy (non-hydrogen) atoms. The van der Waals surface area contributed by atoms with Gasteiger partial charge in [0.25, 0.3) is 5.91 Å². The molecule has 0 fully saturated rings. The number of carbonyl (C=O) groups excluding carboxylic acids is 1. The first kappa shape index (κ1) is 21.9. The van der Waals surface area contributed by atoms with Crippen LogP contribution >= 0.6 is 11.8 Å². The zero-order valence-corrected chi connectivity index (χ0v) is 19.1. The largest absolute Gasteiger partial charge is 0.363 e. The Hall–Kier alpha value is -2.79. The maximum atomic E-state index is 12.9. The van der Waals surface area contributed by atoms with Crippen molar-refractivity contribution >= 4 is 29.2 Å². The van der Waals surface area contributed by atoms with Crippen molar-refractivity contribution in [1.29, 1.82) is 0 Å². The summed E-state index contributed by atoms with van der Waals surface area (Å²) in [4.78, 5) is 20.2. The summed E-state index contributed by atoms with van der Waals surface area (Å²) < 4.78 is 0. The highest BCUT2D eigenvalue weighted by atomic mass is 32.2. The van der Waals surface area contributed by atoms with Gasteiger partial charge in [-0.05, 0) is 52.9 Å². The average Bonchev–Trinajstić information content (AvgIpc) is 2.72. The lowest BCUT2D eigenvalue weighted by molar-refractivity contribution is 0.102. The number of nitrogens with zero attached hydrogens (tertiary/aromatic N) is 2. The van der Waals surface area contributed by atoms with Gasteiger partial charge in [-0.3, -0.25) is 4.79 Å². The molecule has 0 radical (unpaired) electrons. The summed E-state index contributed by atoms with van der Waals surface area (Å²) >= 11 is 1.66. The van der Waals surface area contributed by atoms with Gasteiger partial charge in [0.15, 0.2) is 0 Å². The van der Waals surface area contributed by atoms with Crippen molar-refractivity contribution in [2.75, 3.05) is 24.3 Å². The lowest BCUT2D eigenvalue weighted by Crippen LogP contribution is -2.14. The molecule has 1 heterocycles. The number of amides is 1. The van der Waals surface area contributed by atoms with E-state index in [9.17, 15) is 4.79 Å². The minimum Gasteiger partial charge on any atom is -0.363 e. The molecule has 0 saturated carbocycles. The molecule has 2 aromatic carbocycles. The minimum absolute atomic E-state index is 0.0885. The van der Waals surface area contributed by atoms with Crippen LogP contribution in [-0.4, -0.2) is 25.0 Å². The first-order valence-corrected chi connectivity index (χ1v) is 11.0. The Morgan fingerprint density at radius 1 is 1.03 bits per heavy atom. The molecule has 0 aliphatic heterocycles. The molecule has 0 spiro atoms. The predicted octanol–water partition coefficient (Wildman–Crippen LogP) is 5.99. The Labute approximate surface area is 183 Å². The van der Waals surface area contributed by atoms with Crippen LogP contribution in [0.1, 0.15) is 42.3 Å². The van der Waals surface area contributed by atoms with Crippen molar-refractivity contribution in [1.82, 2.24) is 4.98 Å². The number of aromatic nitrogens is 1. The molecule has 0 saturated heterocycles. The van der Waals surface area contributed by atoms with E-state index in [1.807, 2.05) is 67.7 Å². The Morgan fingerprint density at radius 3 is 2.40 bits per heavy atom. The molecule has 5 heteroatoms. The number of nitrogens with one attached hydrogen (secondary N) is 1. The van der Waals surface area contributed by atoms with Gasteiger partial charge in [-0.15, -0.1) is 11.8 Å². The molecule has 0 atom stereocenters. The van der Waals surface area contributed by atoms with Crippen LogP contribution in [0.15, 0.2) is 71.8 Å². The van der Waals surface area contributed by atoms with E-state index in [2.05, 4.69) is 49.3 Å². The van der Waals surface area contributed by atoms with E-state index >= 15 is 0 Å². The third kappa shape index (κ3) is 5.63. The summed E-state index contributed by atoms with van der Waals surface area (Å²) in [5, 5.41) is 3.03. The van der Waals surface area contributed by atoms with Gasteiger partial charge in [0.05, 0.1) is 5.56 Å². The summed E-state index contributed by atoms with van der Waals surface area (Å²) in [6.45, 7) is 6.54. The molecule has 3 rings (SSSR count). The molecule has 0 unspecified atom stereocenters. The molecule has 3 aromatic rings. The normalized spacial score (nSPS) is 11.2. The number of rotatable bonds is 6. The van der Waals surface area contributed by atoms with Crippen LogP contribution in [-0.2, 0) is 11.2 Å². The Bertz CT molecular complexity index is 1010. The lowest BCUT2D eigenvalue weighted by atomic mass is 9.87. The molecule has 1 amide bonds. The average molecular weight is 420 g/mol. The summed E-state index contributed by atoms with van der Waals surface area (Å²) in [5.74, 6) is 1.61. The second kappa shape index (κ2) is 9.35. The van der Waals surface area contributed by atoms with Gasteiger partial charge in [-0.1, -0.05) is 45.0 Å². The van der Waals surface area contributed by atoms with Crippen LogP contribution in [0.3, 0.4) is 0 Å². The monoisotopic (exact) mass is 419 g/mol. The summed E-state index contributed by atoms with van der Waals surface area (Å²) in [7, 11) is 3.96. The highest BCUT2D eigenvalue weighted by Gasteiger charge is 2.15. The highest BCUT2D eigenvalue weighted by Crippen LogP contribution is 2.28. The van der Waals surface area contributed by atoms with Crippen LogP contribution < -0.4 is 10.2 Å². The number of hydrogen-bond acceptors (Lipinski definition) is 4. The van der Waals surface area contributed by atoms with Crippen molar-refractivity contribution in [2.24, 2.45) is 0 Å². The van der Waals surface area contributed by atoms with Gasteiger partial charge < -0.3 is 10.2 Å². The van der Waals surface area contributed by atoms with Crippen LogP contribution in [0.5, 0.6) is 0 Å². The van der Waals surface area contributed by atoms with Gasteiger partial charge in [0.1, 0.15) is 5.82 Å². The molecular weight excluding hydrogens is 390 g/mol. The first-order valence-electron chi connectivity index (χ1n) is 10.00. The van der Waals surface area contributed by atoms with E-state index in [0.717, 1.165) is 22.2 Å². The van der Waals surface area contributed by atoms with E-state index in [0.29, 0.717) is 5.56 Å². The van der Waals surface area contributed by atoms with Crippen molar-refractivity contribution in [3.8, 4) is 0 Å². The first-order chi connectivity index (χ1) is 14.2. The van der Waals surface area contributed by atoms with Crippen LogP contribution in [0, 0.1) is 0 Å². The number of anilines is 2. The molecule has 4 nitrogen and oxygen atoms in total. The van der Waals surface area contributed by atoms with Crippen LogP contribution in [0.4, 0.5) is 11.5 Å². The highest BCUT2D eigenvalue weighted by molar-refractivity contribution is 7.98. The molecule has 0 aliphatic carbocycles. The molecule has 1 N–H and O–H groups in total. The lowest BCUT2D eigenvalue weighted by Gasteiger charge is -2.19. The minimum atomic E-state index is -0.0923. The third-order valence-corrected chi connectivity index (χ3v) is 5.95. The van der Waals surface area contributed by atoms with E-state index in [1.54, 1.807) is 11.8 Å². The van der Waals surface area contributed by atoms with E-state index < -0.39 is 0 Å². The van der Waals surface area contributed by atoms with Crippen molar-refractivity contribution in [2.45, 2.75) is 36.8 Å². The van der Waals surface area contributed by atoms with Crippen molar-refractivity contribution < 1.29 is 4.79 Å². The van der Waals surface area contributed by atoms with Crippen molar-refractivity contribution in [3.05, 3.63) is 83.6 Å². The maximum Gasteiger partial charge on any atom is 0.256 e. The standard InChI is InChI=1S/C25H29N3OS/c1-25(2,3)19-10-12-20(13-11-19)27-24(29)21-8-6-7-9-22(21)30-17-18-14-15-26-23(16-18)28(4)5/h6-16H,17H2,1-5H3,(H,27,29). The van der Waals surface area contributed by atoms with Gasteiger partial charge in [0.2, 0.25) is 0 Å². The van der Waals surface area contributed by atoms with Gasteiger partial charge in [0, 0.05) is 36.6 Å². The summed E-state index contributed by atoms with van der Waals surface area (Å²) in [6, 6.07) is 19.9. The van der Waals surface area contributed by atoms with Crippen molar-refractivity contribution in [3.63, 3.8) is 0 Å². The SMILES string of the molecule is CN(C)c1cc(CSc2ccccc2C(=O)Nc2ccc(C(C)(C)C)cc2)ccn1. The Morgan fingerprint density at radius 2 is 1.73 bits per heavy atom. The molecule has 1 aromatic heterocycles. The second-order valence-corrected chi connectivity index (χ2v) is 9.50. The number of benzene rings is 2. The summed E-state index contributed by atoms with van der Waals surface area (Å²) in [5.41, 5.74) is 3.99. The van der Waals surface area contributed by atoms with E-state index in [4.69, 9.17) is 0 Å². The number of hydrogen-bond donors (Lipinski definition) is 1. The van der Waals surface area contributed by atoms with Gasteiger partial charge in [-0.2, -0.15) is 0 Å². The number of thioether (sulfide) groups is 1. The fourth-order valence-corrected chi connectivity index (χ4v) is 3.98. The topological polar surface area (TPSA) is 45.2 Å². The fraction of sp³-hybridized carbons (Fsp3) is 0.280.